The van der Waals surface area contributed by atoms with Crippen LogP contribution in [0.15, 0.2) is 0 Å². The van der Waals surface area contributed by atoms with E-state index >= 15 is 0 Å². The van der Waals surface area contributed by atoms with Crippen LogP contribution in [0.5, 0.6) is 0 Å². The maximum atomic E-state index is 3.43. The second-order valence-electron chi connectivity index (χ2n) is 5.07. The minimum atomic E-state index is 0.985. The standard InChI is InChI=1S/C12H24N2/c1-2-3-12-9-14(10-12)8-11-4-6-13-7-5-11/h11-13H,2-10H2,1H3. The van der Waals surface area contributed by atoms with Gasteiger partial charge in [-0.1, -0.05) is 13.3 Å². The van der Waals surface area contributed by atoms with E-state index in [0.29, 0.717) is 0 Å². The van der Waals surface area contributed by atoms with Gasteiger partial charge < -0.3 is 10.2 Å². The molecule has 0 bridgehead atoms. The highest BCUT2D eigenvalue weighted by atomic mass is 15.2. The predicted octanol–water partition coefficient (Wildman–Crippen LogP) is 1.72. The van der Waals surface area contributed by atoms with Crippen molar-refractivity contribution < 1.29 is 0 Å². The molecule has 2 rings (SSSR count). The Kier molecular flexibility index (Phi) is 3.82. The number of hydrogen-bond donors (Lipinski definition) is 1. The molecule has 2 saturated heterocycles. The first-order valence-electron chi connectivity index (χ1n) is 6.31. The van der Waals surface area contributed by atoms with Gasteiger partial charge in [-0.2, -0.15) is 0 Å². The second kappa shape index (κ2) is 5.13. The molecule has 0 unspecified atom stereocenters. The van der Waals surface area contributed by atoms with Crippen molar-refractivity contribution in [2.75, 3.05) is 32.7 Å². The fourth-order valence-corrected chi connectivity index (χ4v) is 2.85. The zero-order valence-electron chi connectivity index (χ0n) is 9.47. The molecule has 0 spiro atoms. The lowest BCUT2D eigenvalue weighted by atomic mass is 9.91. The molecule has 0 saturated carbocycles. The third-order valence-electron chi connectivity index (χ3n) is 3.70. The summed E-state index contributed by atoms with van der Waals surface area (Å²) in [6.45, 7) is 8.95. The van der Waals surface area contributed by atoms with Crippen molar-refractivity contribution in [3.63, 3.8) is 0 Å². The Morgan fingerprint density at radius 2 is 1.86 bits per heavy atom. The molecule has 2 aliphatic rings. The van der Waals surface area contributed by atoms with Crippen molar-refractivity contribution in [3.8, 4) is 0 Å². The zero-order chi connectivity index (χ0) is 9.80. The molecular weight excluding hydrogens is 172 g/mol. The molecule has 2 fully saturated rings. The Labute approximate surface area is 88.1 Å². The van der Waals surface area contributed by atoms with Crippen molar-refractivity contribution >= 4 is 0 Å². The third-order valence-corrected chi connectivity index (χ3v) is 3.70. The highest BCUT2D eigenvalue weighted by Gasteiger charge is 2.27. The van der Waals surface area contributed by atoms with Crippen LogP contribution in [-0.4, -0.2) is 37.6 Å². The average molecular weight is 196 g/mol. The highest BCUT2D eigenvalue weighted by molar-refractivity contribution is 4.82. The van der Waals surface area contributed by atoms with Crippen LogP contribution in [0.3, 0.4) is 0 Å². The topological polar surface area (TPSA) is 15.3 Å². The monoisotopic (exact) mass is 196 g/mol. The summed E-state index contributed by atoms with van der Waals surface area (Å²) in [5.74, 6) is 2.01. The fraction of sp³-hybridized carbons (Fsp3) is 1.00. The van der Waals surface area contributed by atoms with E-state index in [2.05, 4.69) is 17.1 Å². The Bertz CT molecular complexity index is 158. The molecule has 2 nitrogen and oxygen atoms in total. The van der Waals surface area contributed by atoms with Gasteiger partial charge in [-0.25, -0.2) is 0 Å². The molecule has 82 valence electrons. The molecule has 0 aromatic rings. The van der Waals surface area contributed by atoms with Gasteiger partial charge in [-0.3, -0.25) is 0 Å². The number of nitrogens with zero attached hydrogens (tertiary/aromatic N) is 1. The molecule has 1 N–H and O–H groups in total. The zero-order valence-corrected chi connectivity index (χ0v) is 9.47. The van der Waals surface area contributed by atoms with Gasteiger partial charge in [0.05, 0.1) is 0 Å². The van der Waals surface area contributed by atoms with E-state index in [4.69, 9.17) is 0 Å². The smallest absolute Gasteiger partial charge is 0.00221 e. The summed E-state index contributed by atoms with van der Waals surface area (Å²) in [5, 5.41) is 3.43. The molecular formula is C12H24N2. The molecule has 2 aliphatic heterocycles. The lowest BCUT2D eigenvalue weighted by Gasteiger charge is -2.42. The largest absolute Gasteiger partial charge is 0.317 e. The Morgan fingerprint density at radius 1 is 1.14 bits per heavy atom. The van der Waals surface area contributed by atoms with Crippen molar-refractivity contribution in [2.24, 2.45) is 11.8 Å². The SMILES string of the molecule is CCCC1CN(CC2CCNCC2)C1. The Morgan fingerprint density at radius 3 is 2.50 bits per heavy atom. The first-order valence-corrected chi connectivity index (χ1v) is 6.31. The van der Waals surface area contributed by atoms with Crippen LogP contribution in [0, 0.1) is 11.8 Å². The predicted molar refractivity (Wildman–Crippen MR) is 60.4 cm³/mol. The maximum Gasteiger partial charge on any atom is 0.00221 e. The number of likely N-dealkylation sites (tertiary alicyclic amines) is 1. The molecule has 2 heterocycles. The molecule has 0 aromatic carbocycles. The molecule has 0 aromatic heterocycles. The van der Waals surface area contributed by atoms with Crippen molar-refractivity contribution in [1.29, 1.82) is 0 Å². The second-order valence-corrected chi connectivity index (χ2v) is 5.07. The minimum Gasteiger partial charge on any atom is -0.317 e. The summed E-state index contributed by atoms with van der Waals surface area (Å²) >= 11 is 0. The van der Waals surface area contributed by atoms with E-state index in [1.807, 2.05) is 0 Å². The van der Waals surface area contributed by atoms with Crippen LogP contribution in [-0.2, 0) is 0 Å². The van der Waals surface area contributed by atoms with Gasteiger partial charge in [0.15, 0.2) is 0 Å². The van der Waals surface area contributed by atoms with Crippen LogP contribution in [0.1, 0.15) is 32.6 Å². The van der Waals surface area contributed by atoms with Crippen LogP contribution in [0.4, 0.5) is 0 Å². The molecule has 0 radical (unpaired) electrons. The van der Waals surface area contributed by atoms with Crippen molar-refractivity contribution in [2.45, 2.75) is 32.6 Å². The van der Waals surface area contributed by atoms with Crippen LogP contribution >= 0.6 is 0 Å². The summed E-state index contributed by atoms with van der Waals surface area (Å²) in [7, 11) is 0. The molecule has 14 heavy (non-hydrogen) atoms. The first-order chi connectivity index (χ1) is 6.88. The van der Waals surface area contributed by atoms with E-state index in [9.17, 15) is 0 Å². The summed E-state index contributed by atoms with van der Waals surface area (Å²) < 4.78 is 0. The summed E-state index contributed by atoms with van der Waals surface area (Å²) in [6.07, 6.45) is 5.61. The van der Waals surface area contributed by atoms with Gasteiger partial charge in [0.1, 0.15) is 0 Å². The average Bonchev–Trinajstić information content (AvgIpc) is 2.16. The van der Waals surface area contributed by atoms with E-state index in [-0.39, 0.29) is 0 Å². The van der Waals surface area contributed by atoms with Crippen molar-refractivity contribution in [3.05, 3.63) is 0 Å². The van der Waals surface area contributed by atoms with Crippen molar-refractivity contribution in [1.82, 2.24) is 10.2 Å². The normalized spacial score (nSPS) is 26.4. The van der Waals surface area contributed by atoms with Gasteiger partial charge in [0, 0.05) is 19.6 Å². The van der Waals surface area contributed by atoms with E-state index in [0.717, 1.165) is 11.8 Å². The van der Waals surface area contributed by atoms with Gasteiger partial charge >= 0.3 is 0 Å². The first kappa shape index (κ1) is 10.4. The maximum absolute atomic E-state index is 3.43. The van der Waals surface area contributed by atoms with E-state index in [1.165, 1.54) is 58.4 Å². The van der Waals surface area contributed by atoms with Gasteiger partial charge in [-0.05, 0) is 44.2 Å². The lowest BCUT2D eigenvalue weighted by Crippen LogP contribution is -2.49. The Hall–Kier alpha value is -0.0800. The molecule has 2 heteroatoms. The summed E-state index contributed by atoms with van der Waals surface area (Å²) in [5.41, 5.74) is 0. The van der Waals surface area contributed by atoms with Crippen LogP contribution in [0.25, 0.3) is 0 Å². The van der Waals surface area contributed by atoms with Crippen LogP contribution in [0.2, 0.25) is 0 Å². The molecule has 0 atom stereocenters. The molecule has 0 amide bonds. The summed E-state index contributed by atoms with van der Waals surface area (Å²) in [4.78, 5) is 2.66. The Balaban J connectivity index is 1.58. The highest BCUT2D eigenvalue weighted by Crippen LogP contribution is 2.23. The number of nitrogens with one attached hydrogen (secondary N) is 1. The van der Waals surface area contributed by atoms with E-state index < -0.39 is 0 Å². The van der Waals surface area contributed by atoms with Gasteiger partial charge in [0.2, 0.25) is 0 Å². The summed E-state index contributed by atoms with van der Waals surface area (Å²) in [6, 6.07) is 0. The molecule has 0 aliphatic carbocycles. The number of rotatable bonds is 4. The van der Waals surface area contributed by atoms with Crippen LogP contribution < -0.4 is 5.32 Å². The van der Waals surface area contributed by atoms with Gasteiger partial charge in [-0.15, -0.1) is 0 Å². The van der Waals surface area contributed by atoms with Gasteiger partial charge in [0.25, 0.3) is 0 Å². The number of hydrogen-bond acceptors (Lipinski definition) is 2. The van der Waals surface area contributed by atoms with E-state index in [1.54, 1.807) is 0 Å². The number of piperidine rings is 1. The third kappa shape index (κ3) is 2.71. The minimum absolute atomic E-state index is 0.985. The lowest BCUT2D eigenvalue weighted by molar-refractivity contribution is 0.0694. The quantitative estimate of drug-likeness (QED) is 0.736. The fourth-order valence-electron chi connectivity index (χ4n) is 2.85.